The molecule has 2 N–H and O–H groups in total. The molecule has 0 atom stereocenters. The van der Waals surface area contributed by atoms with E-state index in [-0.39, 0.29) is 48.5 Å². The quantitative estimate of drug-likeness (QED) is 0.505. The van der Waals surface area contributed by atoms with Gasteiger partial charge in [-0.1, -0.05) is 42.5 Å². The highest BCUT2D eigenvalue weighted by Crippen LogP contribution is 2.26. The lowest BCUT2D eigenvalue weighted by molar-refractivity contribution is -0.126. The van der Waals surface area contributed by atoms with Gasteiger partial charge in [-0.2, -0.15) is 4.31 Å². The zero-order valence-electron chi connectivity index (χ0n) is 18.5. The number of carbonyl (C=O) groups is 2. The van der Waals surface area contributed by atoms with E-state index < -0.39 is 21.7 Å². The van der Waals surface area contributed by atoms with Crippen LogP contribution >= 0.6 is 0 Å². The summed E-state index contributed by atoms with van der Waals surface area (Å²) >= 11 is 0. The Kier molecular flexibility index (Phi) is 7.23. The summed E-state index contributed by atoms with van der Waals surface area (Å²) in [6.07, 6.45) is 0.834. The molecule has 0 saturated carbocycles. The van der Waals surface area contributed by atoms with E-state index in [1.807, 2.05) is 24.3 Å². The van der Waals surface area contributed by atoms with Gasteiger partial charge in [-0.05, 0) is 47.9 Å². The lowest BCUT2D eigenvalue weighted by atomic mass is 9.97. The van der Waals surface area contributed by atoms with Gasteiger partial charge in [0.15, 0.2) is 0 Å². The second kappa shape index (κ2) is 10.3. The maximum atomic E-state index is 13.6. The Morgan fingerprint density at radius 1 is 0.882 bits per heavy atom. The number of hydrogen-bond donors (Lipinski definition) is 2. The van der Waals surface area contributed by atoms with Crippen molar-refractivity contribution < 1.29 is 22.4 Å². The van der Waals surface area contributed by atoms with Crippen LogP contribution in [-0.4, -0.2) is 50.7 Å². The Balaban J connectivity index is 1.25. The largest absolute Gasteiger partial charge is 0.354 e. The predicted octanol–water partition coefficient (Wildman–Crippen LogP) is 2.93. The first-order chi connectivity index (χ1) is 16.4. The van der Waals surface area contributed by atoms with E-state index in [1.165, 1.54) is 22.5 Å². The number of amides is 2. The molecule has 0 unspecified atom stereocenters. The molecule has 2 amide bonds. The summed E-state index contributed by atoms with van der Waals surface area (Å²) in [5, 5.41) is 7.17. The minimum atomic E-state index is -3.64. The maximum Gasteiger partial charge on any atom is 0.254 e. The molecule has 0 spiro atoms. The van der Waals surface area contributed by atoms with Crippen LogP contribution in [0.4, 0.5) is 4.39 Å². The van der Waals surface area contributed by atoms with Crippen LogP contribution in [0, 0.1) is 11.7 Å². The van der Waals surface area contributed by atoms with Crippen LogP contribution < -0.4 is 10.6 Å². The normalized spacial score (nSPS) is 15.2. The zero-order valence-corrected chi connectivity index (χ0v) is 19.4. The predicted molar refractivity (Wildman–Crippen MR) is 127 cm³/mol. The molecule has 0 aliphatic carbocycles. The van der Waals surface area contributed by atoms with E-state index in [1.54, 1.807) is 24.3 Å². The number of carbonyl (C=O) groups excluding carboxylic acids is 2. The first-order valence-corrected chi connectivity index (χ1v) is 12.6. The maximum absolute atomic E-state index is 13.6. The molecule has 7 nitrogen and oxygen atoms in total. The molecule has 1 saturated heterocycles. The minimum Gasteiger partial charge on any atom is -0.354 e. The van der Waals surface area contributed by atoms with Crippen LogP contribution in [0.25, 0.3) is 10.8 Å². The van der Waals surface area contributed by atoms with Gasteiger partial charge in [0.05, 0.1) is 10.5 Å². The van der Waals surface area contributed by atoms with E-state index in [4.69, 9.17) is 0 Å². The third kappa shape index (κ3) is 5.26. The number of nitrogens with zero attached hydrogens (tertiary/aromatic N) is 1. The molecule has 178 valence electrons. The number of benzene rings is 3. The monoisotopic (exact) mass is 483 g/mol. The van der Waals surface area contributed by atoms with Gasteiger partial charge in [0.25, 0.3) is 5.91 Å². The lowest BCUT2D eigenvalue weighted by Gasteiger charge is -2.30. The molecular weight excluding hydrogens is 457 g/mol. The number of rotatable bonds is 7. The van der Waals surface area contributed by atoms with Crippen molar-refractivity contribution in [3.8, 4) is 0 Å². The first-order valence-electron chi connectivity index (χ1n) is 11.2. The van der Waals surface area contributed by atoms with Gasteiger partial charge >= 0.3 is 0 Å². The Labute approximate surface area is 198 Å². The fourth-order valence-corrected chi connectivity index (χ4v) is 5.59. The second-order valence-corrected chi connectivity index (χ2v) is 10.2. The van der Waals surface area contributed by atoms with Gasteiger partial charge in [-0.15, -0.1) is 0 Å². The third-order valence-electron chi connectivity index (χ3n) is 6.01. The Morgan fingerprint density at radius 3 is 2.26 bits per heavy atom. The molecule has 3 aromatic rings. The van der Waals surface area contributed by atoms with Gasteiger partial charge < -0.3 is 10.6 Å². The van der Waals surface area contributed by atoms with Gasteiger partial charge in [0.2, 0.25) is 15.9 Å². The van der Waals surface area contributed by atoms with Gasteiger partial charge in [-0.3, -0.25) is 9.59 Å². The average Bonchev–Trinajstić information content (AvgIpc) is 2.86. The Bertz CT molecular complexity index is 1300. The molecule has 4 rings (SSSR count). The highest BCUT2D eigenvalue weighted by Gasteiger charge is 2.32. The van der Waals surface area contributed by atoms with E-state index in [2.05, 4.69) is 10.6 Å². The molecular formula is C25H26FN3O4S. The SMILES string of the molecule is O=C(NCCNC(=O)C1CCN(S(=O)(=O)c2ccc3ccccc3c2)CC1)c1ccccc1F. The van der Waals surface area contributed by atoms with Crippen LogP contribution in [0.15, 0.2) is 71.6 Å². The third-order valence-corrected chi connectivity index (χ3v) is 7.91. The topological polar surface area (TPSA) is 95.6 Å². The van der Waals surface area contributed by atoms with E-state index >= 15 is 0 Å². The molecule has 1 aliphatic rings. The summed E-state index contributed by atoms with van der Waals surface area (Å²) < 4.78 is 41.2. The van der Waals surface area contributed by atoms with Crippen molar-refractivity contribution in [3.05, 3.63) is 78.1 Å². The van der Waals surface area contributed by atoms with Crippen LogP contribution in [0.2, 0.25) is 0 Å². The summed E-state index contributed by atoms with van der Waals surface area (Å²) in [6, 6.07) is 18.4. The Hall–Kier alpha value is -3.30. The number of fused-ring (bicyclic) bond motifs is 1. The molecule has 1 fully saturated rings. The van der Waals surface area contributed by atoms with Crippen molar-refractivity contribution in [2.75, 3.05) is 26.2 Å². The average molecular weight is 484 g/mol. The number of halogens is 1. The number of nitrogens with one attached hydrogen (secondary N) is 2. The summed E-state index contributed by atoms with van der Waals surface area (Å²) in [7, 11) is -3.64. The number of hydrogen-bond acceptors (Lipinski definition) is 4. The molecule has 34 heavy (non-hydrogen) atoms. The molecule has 1 aliphatic heterocycles. The molecule has 9 heteroatoms. The lowest BCUT2D eigenvalue weighted by Crippen LogP contribution is -2.44. The summed E-state index contributed by atoms with van der Waals surface area (Å²) in [4.78, 5) is 24.7. The number of sulfonamides is 1. The van der Waals surface area contributed by atoms with Crippen molar-refractivity contribution in [1.29, 1.82) is 0 Å². The van der Waals surface area contributed by atoms with Gasteiger partial charge in [0, 0.05) is 32.1 Å². The van der Waals surface area contributed by atoms with Crippen LogP contribution in [-0.2, 0) is 14.8 Å². The molecule has 3 aromatic carbocycles. The van der Waals surface area contributed by atoms with E-state index in [0.717, 1.165) is 10.8 Å². The second-order valence-electron chi connectivity index (χ2n) is 8.21. The first kappa shape index (κ1) is 23.8. The molecule has 1 heterocycles. The summed E-state index contributed by atoms with van der Waals surface area (Å²) in [5.74, 6) is -1.62. The Morgan fingerprint density at radius 2 is 1.53 bits per heavy atom. The van der Waals surface area contributed by atoms with Crippen molar-refractivity contribution in [1.82, 2.24) is 14.9 Å². The smallest absolute Gasteiger partial charge is 0.254 e. The van der Waals surface area contributed by atoms with Crippen LogP contribution in [0.5, 0.6) is 0 Å². The zero-order chi connectivity index (χ0) is 24.1. The highest BCUT2D eigenvalue weighted by molar-refractivity contribution is 7.89. The number of piperidine rings is 1. The summed E-state index contributed by atoms with van der Waals surface area (Å²) in [6.45, 7) is 0.886. The van der Waals surface area contributed by atoms with E-state index in [0.29, 0.717) is 12.8 Å². The fraction of sp³-hybridized carbons (Fsp3) is 0.280. The van der Waals surface area contributed by atoms with Gasteiger partial charge in [-0.25, -0.2) is 12.8 Å². The van der Waals surface area contributed by atoms with Crippen molar-refractivity contribution in [2.45, 2.75) is 17.7 Å². The molecule has 0 radical (unpaired) electrons. The highest BCUT2D eigenvalue weighted by atomic mass is 32.2. The minimum absolute atomic E-state index is 0.0474. The van der Waals surface area contributed by atoms with Crippen LogP contribution in [0.3, 0.4) is 0 Å². The summed E-state index contributed by atoms with van der Waals surface area (Å²) in [5.41, 5.74) is -0.0474. The van der Waals surface area contributed by atoms with Gasteiger partial charge in [0.1, 0.15) is 5.82 Å². The van der Waals surface area contributed by atoms with Crippen molar-refractivity contribution in [3.63, 3.8) is 0 Å². The van der Waals surface area contributed by atoms with E-state index in [9.17, 15) is 22.4 Å². The van der Waals surface area contributed by atoms with Crippen molar-refractivity contribution >= 4 is 32.6 Å². The molecule has 0 bridgehead atoms. The standard InChI is InChI=1S/C25H26FN3O4S/c26-23-8-4-3-7-22(23)25(31)28-14-13-27-24(30)19-11-15-29(16-12-19)34(32,33)21-10-9-18-5-1-2-6-20(18)17-21/h1-10,17,19H,11-16H2,(H,27,30)(H,28,31). The molecule has 0 aromatic heterocycles. The fourth-order valence-electron chi connectivity index (χ4n) is 4.08. The van der Waals surface area contributed by atoms with Crippen molar-refractivity contribution in [2.24, 2.45) is 5.92 Å². The van der Waals surface area contributed by atoms with Crippen LogP contribution in [0.1, 0.15) is 23.2 Å².